The van der Waals surface area contributed by atoms with Gasteiger partial charge in [0.1, 0.15) is 18.3 Å². The van der Waals surface area contributed by atoms with Crippen LogP contribution in [0.2, 0.25) is 0 Å². The summed E-state index contributed by atoms with van der Waals surface area (Å²) in [6.45, 7) is 6.51. The summed E-state index contributed by atoms with van der Waals surface area (Å²) in [6.07, 6.45) is -10.1. The van der Waals surface area contributed by atoms with Crippen molar-refractivity contribution in [1.82, 2.24) is 5.32 Å². The molecule has 13 heteroatoms. The average molecular weight is 760 g/mol. The van der Waals surface area contributed by atoms with Crippen LogP contribution in [0, 0.1) is 11.8 Å². The number of aliphatic hydroxyl groups excluding tert-OH is 1. The fourth-order valence-corrected chi connectivity index (χ4v) is 6.73. The summed E-state index contributed by atoms with van der Waals surface area (Å²) < 4.78 is 83.3. The molecular weight excluding hydrogens is 707 g/mol. The standard InChI is InChI=1S/C41H52F3NO9/c1-4-32-34(46)27(2)36(50-24-30-17-10-6-11-18-30)39(52-32)54-35-28(3)37(51-25-31-19-12-7-13-20-31)38(49-22-14-21-45-40(47)41(42,43)44)53-33(35)26-48-23-29-15-8-5-9-16-29/h5-13,15-20,27-28,32-39,46H,4,14,21-26H2,1-3H3,(H,45,47)/t27-,28?,32?,33-,34+,35-,36?,37?,38+,39-/m0/s1. The molecule has 2 aliphatic rings. The Morgan fingerprint density at radius 3 is 1.78 bits per heavy atom. The van der Waals surface area contributed by atoms with Gasteiger partial charge in [0.2, 0.25) is 0 Å². The van der Waals surface area contributed by atoms with E-state index in [9.17, 15) is 23.1 Å². The number of rotatable bonds is 18. The van der Waals surface area contributed by atoms with E-state index in [0.29, 0.717) is 13.0 Å². The summed E-state index contributed by atoms with van der Waals surface area (Å²) in [5, 5.41) is 13.1. The highest BCUT2D eigenvalue weighted by atomic mass is 19.4. The van der Waals surface area contributed by atoms with Gasteiger partial charge in [-0.2, -0.15) is 13.2 Å². The summed E-state index contributed by atoms with van der Waals surface area (Å²) in [4.78, 5) is 11.3. The van der Waals surface area contributed by atoms with Crippen LogP contribution in [0.15, 0.2) is 91.0 Å². The Hall–Kier alpha value is -3.40. The average Bonchev–Trinajstić information content (AvgIpc) is 3.17. The Morgan fingerprint density at radius 1 is 0.722 bits per heavy atom. The Kier molecular flexibility index (Phi) is 15.9. The molecule has 10 atom stereocenters. The Morgan fingerprint density at radius 2 is 1.24 bits per heavy atom. The van der Waals surface area contributed by atoms with Gasteiger partial charge in [-0.05, 0) is 29.5 Å². The fourth-order valence-electron chi connectivity index (χ4n) is 6.73. The Labute approximate surface area is 315 Å². The molecule has 0 spiro atoms. The van der Waals surface area contributed by atoms with E-state index in [1.54, 1.807) is 0 Å². The number of alkyl halides is 3. The predicted molar refractivity (Wildman–Crippen MR) is 193 cm³/mol. The highest BCUT2D eigenvalue weighted by Gasteiger charge is 2.50. The highest BCUT2D eigenvalue weighted by Crippen LogP contribution is 2.37. The van der Waals surface area contributed by atoms with Gasteiger partial charge in [0.15, 0.2) is 12.6 Å². The van der Waals surface area contributed by atoms with Gasteiger partial charge in [0.25, 0.3) is 0 Å². The number of hydrogen-bond donors (Lipinski definition) is 2. The smallest absolute Gasteiger partial charge is 0.390 e. The normalized spacial score (nSPS) is 28.8. The molecule has 296 valence electrons. The van der Waals surface area contributed by atoms with Crippen LogP contribution in [0.5, 0.6) is 0 Å². The van der Waals surface area contributed by atoms with Gasteiger partial charge in [-0.25, -0.2) is 0 Å². The van der Waals surface area contributed by atoms with Crippen LogP contribution in [0.1, 0.15) is 50.3 Å². The maximum Gasteiger partial charge on any atom is 0.471 e. The van der Waals surface area contributed by atoms with Gasteiger partial charge in [0.05, 0.1) is 51.3 Å². The molecule has 3 aromatic rings. The quantitative estimate of drug-likeness (QED) is 0.144. The van der Waals surface area contributed by atoms with Crippen molar-refractivity contribution in [3.63, 3.8) is 0 Å². The number of ether oxygens (including phenoxy) is 7. The molecule has 2 N–H and O–H groups in total. The third kappa shape index (κ3) is 11.8. The summed E-state index contributed by atoms with van der Waals surface area (Å²) in [6, 6.07) is 29.0. The first kappa shape index (κ1) is 41.8. The van der Waals surface area contributed by atoms with Crippen molar-refractivity contribution in [3.05, 3.63) is 108 Å². The van der Waals surface area contributed by atoms with Crippen molar-refractivity contribution >= 4 is 5.91 Å². The second kappa shape index (κ2) is 20.5. The lowest BCUT2D eigenvalue weighted by Gasteiger charge is -2.49. The summed E-state index contributed by atoms with van der Waals surface area (Å²) >= 11 is 0. The molecule has 0 aromatic heterocycles. The molecule has 0 bridgehead atoms. The fraction of sp³-hybridized carbons (Fsp3) is 0.537. The van der Waals surface area contributed by atoms with Crippen molar-refractivity contribution in [3.8, 4) is 0 Å². The number of carbonyl (C=O) groups is 1. The van der Waals surface area contributed by atoms with Crippen LogP contribution < -0.4 is 5.32 Å². The molecule has 0 aliphatic carbocycles. The second-order valence-electron chi connectivity index (χ2n) is 13.8. The number of hydrogen-bond acceptors (Lipinski definition) is 9. The first-order chi connectivity index (χ1) is 26.0. The zero-order chi connectivity index (χ0) is 38.5. The van der Waals surface area contributed by atoms with E-state index in [2.05, 4.69) is 0 Å². The topological polar surface area (TPSA) is 114 Å². The minimum Gasteiger partial charge on any atom is -0.390 e. The van der Waals surface area contributed by atoms with Gasteiger partial charge >= 0.3 is 12.1 Å². The van der Waals surface area contributed by atoms with E-state index in [1.807, 2.05) is 117 Å². The van der Waals surface area contributed by atoms with E-state index in [0.717, 1.165) is 16.7 Å². The third-order valence-electron chi connectivity index (χ3n) is 9.80. The molecule has 2 saturated heterocycles. The van der Waals surface area contributed by atoms with Crippen molar-refractivity contribution in [2.45, 2.75) is 109 Å². The van der Waals surface area contributed by atoms with Gasteiger partial charge in [-0.15, -0.1) is 0 Å². The van der Waals surface area contributed by atoms with Gasteiger partial charge in [-0.3, -0.25) is 4.79 Å². The number of amides is 1. The van der Waals surface area contributed by atoms with Crippen molar-refractivity contribution in [2.75, 3.05) is 19.8 Å². The van der Waals surface area contributed by atoms with Crippen molar-refractivity contribution in [2.24, 2.45) is 11.8 Å². The lowest BCUT2D eigenvalue weighted by Crippen LogP contribution is -2.61. The number of benzene rings is 3. The third-order valence-corrected chi connectivity index (χ3v) is 9.80. The van der Waals surface area contributed by atoms with Gasteiger partial charge in [0, 0.05) is 18.4 Å². The van der Waals surface area contributed by atoms with E-state index in [4.69, 9.17) is 33.2 Å². The second-order valence-corrected chi connectivity index (χ2v) is 13.8. The molecule has 2 fully saturated rings. The number of nitrogens with one attached hydrogen (secondary N) is 1. The van der Waals surface area contributed by atoms with Crippen LogP contribution >= 0.6 is 0 Å². The number of carbonyl (C=O) groups excluding carboxylic acids is 1. The molecule has 2 aliphatic heterocycles. The highest BCUT2D eigenvalue weighted by molar-refractivity contribution is 5.81. The predicted octanol–water partition coefficient (Wildman–Crippen LogP) is 6.34. The molecule has 10 nitrogen and oxygen atoms in total. The molecule has 5 rings (SSSR count). The van der Waals surface area contributed by atoms with E-state index in [1.165, 1.54) is 0 Å². The maximum absolute atomic E-state index is 12.7. The van der Waals surface area contributed by atoms with E-state index in [-0.39, 0.29) is 51.2 Å². The van der Waals surface area contributed by atoms with E-state index >= 15 is 0 Å². The number of aliphatic hydroxyl groups is 1. The zero-order valence-electron chi connectivity index (χ0n) is 30.9. The van der Waals surface area contributed by atoms with Crippen LogP contribution in [0.3, 0.4) is 0 Å². The molecule has 0 radical (unpaired) electrons. The number of halogens is 3. The van der Waals surface area contributed by atoms with Crippen LogP contribution in [-0.4, -0.2) is 86.2 Å². The molecule has 54 heavy (non-hydrogen) atoms. The molecule has 1 amide bonds. The van der Waals surface area contributed by atoms with Crippen LogP contribution in [-0.2, 0) is 57.8 Å². The van der Waals surface area contributed by atoms with Crippen LogP contribution in [0.25, 0.3) is 0 Å². The molecule has 2 heterocycles. The summed E-state index contributed by atoms with van der Waals surface area (Å²) in [5.74, 6) is -2.72. The SMILES string of the molecule is CCC1O[C@@H](O[C@H]2C(C)C(OCc3ccccc3)[C@H](OCCCNC(=O)C(F)(F)F)O[C@H]2COCc2ccccc2)C(OCc2ccccc2)[C@@H](C)[C@H]1O. The lowest BCUT2D eigenvalue weighted by atomic mass is 9.88. The van der Waals surface area contributed by atoms with Crippen LogP contribution in [0.4, 0.5) is 13.2 Å². The van der Waals surface area contributed by atoms with E-state index < -0.39 is 61.3 Å². The summed E-state index contributed by atoms with van der Waals surface area (Å²) in [5.41, 5.74) is 2.85. The zero-order valence-corrected chi connectivity index (χ0v) is 30.9. The van der Waals surface area contributed by atoms with Crippen molar-refractivity contribution in [1.29, 1.82) is 0 Å². The first-order valence-electron chi connectivity index (χ1n) is 18.6. The molecule has 4 unspecified atom stereocenters. The van der Waals surface area contributed by atoms with Gasteiger partial charge < -0.3 is 43.6 Å². The molecule has 3 aromatic carbocycles. The van der Waals surface area contributed by atoms with Crippen molar-refractivity contribution < 1.29 is 56.2 Å². The monoisotopic (exact) mass is 759 g/mol. The minimum absolute atomic E-state index is 0.0153. The Balaban J connectivity index is 1.37. The summed E-state index contributed by atoms with van der Waals surface area (Å²) in [7, 11) is 0. The molecule has 0 saturated carbocycles. The Bertz CT molecular complexity index is 1520. The molecular formula is C41H52F3NO9. The maximum atomic E-state index is 12.7. The van der Waals surface area contributed by atoms with Gasteiger partial charge in [-0.1, -0.05) is 112 Å². The largest absolute Gasteiger partial charge is 0.471 e. The lowest BCUT2D eigenvalue weighted by molar-refractivity contribution is -0.355. The first-order valence-corrected chi connectivity index (χ1v) is 18.6. The minimum atomic E-state index is -4.97.